The first-order chi connectivity index (χ1) is 12.4. The van der Waals surface area contributed by atoms with E-state index in [1.54, 1.807) is 9.80 Å². The van der Waals surface area contributed by atoms with Crippen LogP contribution >= 0.6 is 0 Å². The van der Waals surface area contributed by atoms with Crippen molar-refractivity contribution in [3.63, 3.8) is 0 Å². The molecule has 10 nitrogen and oxygen atoms in total. The van der Waals surface area contributed by atoms with Gasteiger partial charge in [0.25, 0.3) is 0 Å². The lowest BCUT2D eigenvalue weighted by atomic mass is 10.1. The lowest BCUT2D eigenvalue weighted by Gasteiger charge is -2.31. The van der Waals surface area contributed by atoms with E-state index in [9.17, 15) is 19.5 Å². The average molecular weight is 373 g/mol. The van der Waals surface area contributed by atoms with Crippen molar-refractivity contribution in [2.24, 2.45) is 5.92 Å². The van der Waals surface area contributed by atoms with Crippen molar-refractivity contribution in [2.75, 3.05) is 59.0 Å². The van der Waals surface area contributed by atoms with Crippen molar-refractivity contribution in [1.29, 1.82) is 0 Å². The Morgan fingerprint density at radius 3 is 2.54 bits per heavy atom. The van der Waals surface area contributed by atoms with Crippen LogP contribution in [0.2, 0.25) is 0 Å². The van der Waals surface area contributed by atoms with Gasteiger partial charge in [-0.25, -0.2) is 4.79 Å². The van der Waals surface area contributed by atoms with Crippen LogP contribution in [0.25, 0.3) is 0 Å². The van der Waals surface area contributed by atoms with E-state index in [1.165, 1.54) is 0 Å². The number of aliphatic hydroxyl groups excluding tert-OH is 2. The van der Waals surface area contributed by atoms with Crippen molar-refractivity contribution in [3.8, 4) is 0 Å². The predicted octanol–water partition coefficient (Wildman–Crippen LogP) is -2.44. The predicted molar refractivity (Wildman–Crippen MR) is 95.4 cm³/mol. The fraction of sp³-hybridized carbons (Fsp3) is 0.812. The summed E-state index contributed by atoms with van der Waals surface area (Å²) in [6, 6.07) is -0.880. The van der Waals surface area contributed by atoms with Crippen LogP contribution < -0.4 is 16.0 Å². The van der Waals surface area contributed by atoms with E-state index in [-0.39, 0.29) is 31.0 Å². The molecule has 0 aromatic heterocycles. The fourth-order valence-corrected chi connectivity index (χ4v) is 2.76. The molecule has 0 saturated carbocycles. The summed E-state index contributed by atoms with van der Waals surface area (Å²) in [6.45, 7) is 6.20. The van der Waals surface area contributed by atoms with Gasteiger partial charge in [-0.3, -0.25) is 14.5 Å². The van der Waals surface area contributed by atoms with Gasteiger partial charge in [0.15, 0.2) is 0 Å². The Morgan fingerprint density at radius 2 is 2.00 bits per heavy atom. The standard InChI is InChI=1S/C16H31N5O5/c1-12(2)9-21(8-3-17-14(24)11-23)13(10-22)15(25)18-4-6-20-7-5-19-16(20)26/h12-13,22-23H,3-11H2,1-2H3,(H,17,24)(H,18,25)(H,19,26). The number of nitrogens with one attached hydrogen (secondary N) is 3. The molecular weight excluding hydrogens is 342 g/mol. The minimum Gasteiger partial charge on any atom is -0.394 e. The topological polar surface area (TPSA) is 134 Å². The van der Waals surface area contributed by atoms with E-state index < -0.39 is 18.6 Å². The SMILES string of the molecule is CC(C)CN(CCNC(=O)CO)C(CO)C(=O)NCCN1CCNC1=O. The Morgan fingerprint density at radius 1 is 1.27 bits per heavy atom. The van der Waals surface area contributed by atoms with Gasteiger partial charge in [0.05, 0.1) is 6.61 Å². The summed E-state index contributed by atoms with van der Waals surface area (Å²) in [5, 5.41) is 26.4. The second-order valence-corrected chi connectivity index (χ2v) is 6.61. The minimum atomic E-state index is -0.740. The largest absolute Gasteiger partial charge is 0.394 e. The van der Waals surface area contributed by atoms with Crippen LogP contribution in [0.3, 0.4) is 0 Å². The highest BCUT2D eigenvalue weighted by molar-refractivity contribution is 5.82. The molecule has 1 aliphatic heterocycles. The van der Waals surface area contributed by atoms with Gasteiger partial charge in [0.1, 0.15) is 12.6 Å². The van der Waals surface area contributed by atoms with E-state index >= 15 is 0 Å². The molecule has 1 atom stereocenters. The summed E-state index contributed by atoms with van der Waals surface area (Å²) >= 11 is 0. The maximum absolute atomic E-state index is 12.4. The van der Waals surface area contributed by atoms with Crippen LogP contribution in [0.5, 0.6) is 0 Å². The molecule has 0 spiro atoms. The zero-order valence-electron chi connectivity index (χ0n) is 15.5. The highest BCUT2D eigenvalue weighted by atomic mass is 16.3. The second kappa shape index (κ2) is 11.7. The zero-order valence-corrected chi connectivity index (χ0v) is 15.5. The quantitative estimate of drug-likeness (QED) is 0.258. The van der Waals surface area contributed by atoms with E-state index in [1.807, 2.05) is 13.8 Å². The summed E-state index contributed by atoms with van der Waals surface area (Å²) < 4.78 is 0. The number of rotatable bonds is 12. The van der Waals surface area contributed by atoms with Gasteiger partial charge in [0.2, 0.25) is 11.8 Å². The molecule has 0 bridgehead atoms. The molecule has 10 heteroatoms. The Hall–Kier alpha value is -1.91. The van der Waals surface area contributed by atoms with E-state index in [2.05, 4.69) is 16.0 Å². The second-order valence-electron chi connectivity index (χ2n) is 6.61. The van der Waals surface area contributed by atoms with Gasteiger partial charge in [-0.05, 0) is 5.92 Å². The third kappa shape index (κ3) is 7.54. The first-order valence-electron chi connectivity index (χ1n) is 8.92. The third-order valence-electron chi connectivity index (χ3n) is 4.01. The third-order valence-corrected chi connectivity index (χ3v) is 4.01. The van der Waals surface area contributed by atoms with Crippen molar-refractivity contribution in [3.05, 3.63) is 0 Å². The lowest BCUT2D eigenvalue weighted by molar-refractivity contribution is -0.128. The van der Waals surface area contributed by atoms with E-state index in [4.69, 9.17) is 5.11 Å². The maximum Gasteiger partial charge on any atom is 0.317 e. The molecule has 1 fully saturated rings. The first-order valence-corrected chi connectivity index (χ1v) is 8.92. The number of aliphatic hydroxyl groups is 2. The van der Waals surface area contributed by atoms with Gasteiger partial charge < -0.3 is 31.1 Å². The van der Waals surface area contributed by atoms with Crippen LogP contribution in [0.4, 0.5) is 4.79 Å². The number of hydrogen-bond donors (Lipinski definition) is 5. The van der Waals surface area contributed by atoms with Crippen LogP contribution in [-0.4, -0.2) is 103 Å². The molecule has 0 radical (unpaired) electrons. The number of carbonyl (C=O) groups excluding carboxylic acids is 3. The van der Waals surface area contributed by atoms with Crippen molar-refractivity contribution >= 4 is 17.8 Å². The minimum absolute atomic E-state index is 0.140. The number of carbonyl (C=O) groups is 3. The van der Waals surface area contributed by atoms with Crippen molar-refractivity contribution in [2.45, 2.75) is 19.9 Å². The molecule has 1 saturated heterocycles. The molecule has 1 aliphatic rings. The molecule has 150 valence electrons. The summed E-state index contributed by atoms with van der Waals surface area (Å²) in [5.74, 6) is -0.539. The highest BCUT2D eigenvalue weighted by Crippen LogP contribution is 2.05. The van der Waals surface area contributed by atoms with Gasteiger partial charge >= 0.3 is 6.03 Å². The van der Waals surface area contributed by atoms with Crippen LogP contribution in [0.1, 0.15) is 13.8 Å². The molecule has 0 aliphatic carbocycles. The molecule has 1 rings (SSSR count). The van der Waals surface area contributed by atoms with Gasteiger partial charge in [-0.1, -0.05) is 13.8 Å². The Bertz CT molecular complexity index is 474. The first kappa shape index (κ1) is 22.1. The number of urea groups is 1. The van der Waals surface area contributed by atoms with Crippen LogP contribution in [-0.2, 0) is 9.59 Å². The lowest BCUT2D eigenvalue weighted by Crippen LogP contribution is -2.53. The van der Waals surface area contributed by atoms with E-state index in [0.717, 1.165) is 0 Å². The highest BCUT2D eigenvalue weighted by Gasteiger charge is 2.26. The molecule has 0 aromatic carbocycles. The summed E-state index contributed by atoms with van der Waals surface area (Å²) in [6.07, 6.45) is 0. The normalized spacial score (nSPS) is 15.3. The molecule has 1 unspecified atom stereocenters. The molecule has 26 heavy (non-hydrogen) atoms. The molecule has 1 heterocycles. The molecule has 4 amide bonds. The monoisotopic (exact) mass is 373 g/mol. The Kier molecular flexibility index (Phi) is 9.92. The molecular formula is C16H31N5O5. The number of nitrogens with zero attached hydrogens (tertiary/aromatic N) is 2. The Balaban J connectivity index is 2.52. The zero-order chi connectivity index (χ0) is 19.5. The average Bonchev–Trinajstić information content (AvgIpc) is 2.99. The van der Waals surface area contributed by atoms with Crippen molar-refractivity contribution in [1.82, 2.24) is 25.8 Å². The smallest absolute Gasteiger partial charge is 0.317 e. The van der Waals surface area contributed by atoms with E-state index in [0.29, 0.717) is 39.3 Å². The van der Waals surface area contributed by atoms with Crippen molar-refractivity contribution < 1.29 is 24.6 Å². The summed E-state index contributed by atoms with van der Waals surface area (Å²) in [5.41, 5.74) is 0. The summed E-state index contributed by atoms with van der Waals surface area (Å²) in [7, 11) is 0. The fourth-order valence-electron chi connectivity index (χ4n) is 2.76. The maximum atomic E-state index is 12.4. The van der Waals surface area contributed by atoms with Gasteiger partial charge in [-0.2, -0.15) is 0 Å². The van der Waals surface area contributed by atoms with Crippen LogP contribution in [0, 0.1) is 5.92 Å². The van der Waals surface area contributed by atoms with Crippen LogP contribution in [0.15, 0.2) is 0 Å². The Labute approximate surface area is 153 Å². The van der Waals surface area contributed by atoms with Gasteiger partial charge in [0, 0.05) is 45.8 Å². The molecule has 5 N–H and O–H groups in total. The number of hydrogen-bond acceptors (Lipinski definition) is 6. The summed E-state index contributed by atoms with van der Waals surface area (Å²) in [4.78, 5) is 38.5. The van der Waals surface area contributed by atoms with Gasteiger partial charge in [-0.15, -0.1) is 0 Å². The number of amides is 4. The molecule has 0 aromatic rings.